The van der Waals surface area contributed by atoms with Crippen molar-refractivity contribution in [3.63, 3.8) is 0 Å². The van der Waals surface area contributed by atoms with E-state index in [-0.39, 0.29) is 29.0 Å². The van der Waals surface area contributed by atoms with Crippen LogP contribution < -0.4 is 10.6 Å². The molecule has 0 spiro atoms. The van der Waals surface area contributed by atoms with E-state index in [4.69, 9.17) is 4.52 Å². The fourth-order valence-corrected chi connectivity index (χ4v) is 5.78. The van der Waals surface area contributed by atoms with Gasteiger partial charge < -0.3 is 15.2 Å². The van der Waals surface area contributed by atoms with Crippen LogP contribution in [0.5, 0.6) is 0 Å². The predicted molar refractivity (Wildman–Crippen MR) is 143 cm³/mol. The van der Waals surface area contributed by atoms with Gasteiger partial charge in [0.2, 0.25) is 5.91 Å². The van der Waals surface area contributed by atoms with Gasteiger partial charge in [-0.05, 0) is 43.9 Å². The van der Waals surface area contributed by atoms with Crippen molar-refractivity contribution in [3.05, 3.63) is 77.5 Å². The van der Waals surface area contributed by atoms with E-state index in [9.17, 15) is 18.4 Å². The number of halogens is 2. The van der Waals surface area contributed by atoms with Gasteiger partial charge in [0.05, 0.1) is 17.5 Å². The number of rotatable bonds is 7. The molecule has 2 heterocycles. The summed E-state index contributed by atoms with van der Waals surface area (Å²) < 4.78 is 32.7. The number of hydrogen-bond donors (Lipinski definition) is 2. The molecule has 2 aromatic carbocycles. The van der Waals surface area contributed by atoms with Gasteiger partial charge in [-0.25, -0.2) is 8.78 Å². The lowest BCUT2D eigenvalue weighted by Gasteiger charge is -2.43. The van der Waals surface area contributed by atoms with E-state index in [0.717, 1.165) is 37.1 Å². The number of carbonyl (C=O) groups is 2. The molecule has 0 unspecified atom stereocenters. The van der Waals surface area contributed by atoms with E-state index in [2.05, 4.69) is 20.7 Å². The maximum Gasteiger partial charge on any atom is 0.273 e. The molecule has 39 heavy (non-hydrogen) atoms. The number of carbonyl (C=O) groups excluding carboxylic acids is 2. The molecule has 1 aromatic heterocycles. The third kappa shape index (κ3) is 6.36. The van der Waals surface area contributed by atoms with E-state index in [1.54, 1.807) is 0 Å². The highest BCUT2D eigenvalue weighted by molar-refractivity contribution is 5.94. The number of aromatic nitrogens is 1. The molecule has 1 aliphatic heterocycles. The average Bonchev–Trinajstić information content (AvgIpc) is 3.44. The Hall–Kier alpha value is -3.59. The minimum Gasteiger partial charge on any atom is -0.355 e. The fourth-order valence-electron chi connectivity index (χ4n) is 5.78. The Labute approximate surface area is 226 Å². The summed E-state index contributed by atoms with van der Waals surface area (Å²) >= 11 is 0. The normalized spacial score (nSPS) is 21.3. The van der Waals surface area contributed by atoms with Crippen molar-refractivity contribution in [2.45, 2.75) is 63.6 Å². The zero-order valence-electron chi connectivity index (χ0n) is 22.0. The third-order valence-corrected chi connectivity index (χ3v) is 7.99. The van der Waals surface area contributed by atoms with Crippen molar-refractivity contribution in [2.75, 3.05) is 13.1 Å². The summed E-state index contributed by atoms with van der Waals surface area (Å²) in [7, 11) is 0. The van der Waals surface area contributed by atoms with Crippen molar-refractivity contribution in [3.8, 4) is 11.3 Å². The summed E-state index contributed by atoms with van der Waals surface area (Å²) in [6.45, 7) is 3.31. The summed E-state index contributed by atoms with van der Waals surface area (Å²) in [4.78, 5) is 29.2. The Morgan fingerprint density at radius 3 is 2.54 bits per heavy atom. The maximum absolute atomic E-state index is 14.2. The van der Waals surface area contributed by atoms with E-state index in [0.29, 0.717) is 19.0 Å². The first-order valence-electron chi connectivity index (χ1n) is 13.7. The van der Waals surface area contributed by atoms with Crippen molar-refractivity contribution in [1.29, 1.82) is 0 Å². The highest BCUT2D eigenvalue weighted by Gasteiger charge is 2.38. The lowest BCUT2D eigenvalue weighted by atomic mass is 9.86. The molecule has 2 fully saturated rings. The van der Waals surface area contributed by atoms with Crippen LogP contribution in [0.4, 0.5) is 8.78 Å². The molecule has 0 bridgehead atoms. The number of piperidine rings is 1. The second-order valence-corrected chi connectivity index (χ2v) is 10.6. The number of amides is 2. The summed E-state index contributed by atoms with van der Waals surface area (Å²) in [5.74, 6) is -2.55. The number of nitrogens with zero attached hydrogens (tertiary/aromatic N) is 2. The summed E-state index contributed by atoms with van der Waals surface area (Å²) in [5, 5.41) is 9.94. The molecule has 1 saturated carbocycles. The largest absolute Gasteiger partial charge is 0.355 e. The van der Waals surface area contributed by atoms with Crippen LogP contribution in [-0.4, -0.2) is 47.0 Å². The summed E-state index contributed by atoms with van der Waals surface area (Å²) in [5.41, 5.74) is 0.991. The monoisotopic (exact) mass is 536 g/mol. The highest BCUT2D eigenvalue weighted by Crippen LogP contribution is 2.29. The molecule has 206 valence electrons. The molecule has 2 N–H and O–H groups in total. The Kier molecular flexibility index (Phi) is 8.35. The summed E-state index contributed by atoms with van der Waals surface area (Å²) in [6.07, 6.45) is 6.54. The van der Waals surface area contributed by atoms with Crippen LogP contribution in [0, 0.1) is 17.6 Å². The Balaban J connectivity index is 1.31. The standard InChI is InChI=1S/C30H34F2N4O3/c1-19(20-8-4-2-5-9-20)33-29(37)24-18-36(22-10-6-3-7-11-22)15-14-26(24)34-30(38)27-17-28(39-35-27)23-13-12-21(31)16-25(23)32/h2,4-5,8-9,12-13,16-17,19,22,24,26H,3,6-7,10-11,14-15,18H2,1H3,(H,33,37)(H,34,38)/t19-,24-,26-/m1/s1. The molecule has 3 atom stereocenters. The molecular weight excluding hydrogens is 502 g/mol. The Morgan fingerprint density at radius 1 is 1.03 bits per heavy atom. The number of nitrogens with one attached hydrogen (secondary N) is 2. The minimum absolute atomic E-state index is 0.0101. The minimum atomic E-state index is -0.808. The van der Waals surface area contributed by atoms with Gasteiger partial charge in [-0.2, -0.15) is 0 Å². The van der Waals surface area contributed by atoms with Crippen LogP contribution in [0.2, 0.25) is 0 Å². The first-order chi connectivity index (χ1) is 18.9. The molecule has 0 radical (unpaired) electrons. The van der Waals surface area contributed by atoms with Gasteiger partial charge in [0.25, 0.3) is 5.91 Å². The van der Waals surface area contributed by atoms with Crippen LogP contribution >= 0.6 is 0 Å². The zero-order chi connectivity index (χ0) is 27.4. The van der Waals surface area contributed by atoms with Crippen molar-refractivity contribution >= 4 is 11.8 Å². The fraction of sp³-hybridized carbons (Fsp3) is 0.433. The van der Waals surface area contributed by atoms with Crippen LogP contribution in [0.1, 0.15) is 67.5 Å². The first-order valence-corrected chi connectivity index (χ1v) is 13.7. The van der Waals surface area contributed by atoms with Gasteiger partial charge in [-0.3, -0.25) is 14.5 Å². The molecule has 1 saturated heterocycles. The van der Waals surface area contributed by atoms with Gasteiger partial charge in [-0.15, -0.1) is 0 Å². The smallest absolute Gasteiger partial charge is 0.273 e. The maximum atomic E-state index is 14.2. The zero-order valence-corrected chi connectivity index (χ0v) is 22.0. The predicted octanol–water partition coefficient (Wildman–Crippen LogP) is 5.25. The second-order valence-electron chi connectivity index (χ2n) is 10.6. The van der Waals surface area contributed by atoms with E-state index >= 15 is 0 Å². The lowest BCUT2D eigenvalue weighted by molar-refractivity contribution is -0.128. The molecule has 2 aliphatic rings. The Morgan fingerprint density at radius 2 is 1.79 bits per heavy atom. The number of hydrogen-bond acceptors (Lipinski definition) is 5. The molecule has 9 heteroatoms. The third-order valence-electron chi connectivity index (χ3n) is 7.99. The molecule has 3 aromatic rings. The average molecular weight is 537 g/mol. The van der Waals surface area contributed by atoms with Gasteiger partial charge in [0.1, 0.15) is 11.6 Å². The molecule has 5 rings (SSSR count). The van der Waals surface area contributed by atoms with E-state index in [1.807, 2.05) is 37.3 Å². The highest BCUT2D eigenvalue weighted by atomic mass is 19.1. The van der Waals surface area contributed by atoms with Gasteiger partial charge in [0.15, 0.2) is 11.5 Å². The van der Waals surface area contributed by atoms with Crippen LogP contribution in [0.25, 0.3) is 11.3 Å². The van der Waals surface area contributed by atoms with Crippen LogP contribution in [-0.2, 0) is 4.79 Å². The molecule has 7 nitrogen and oxygen atoms in total. The van der Waals surface area contributed by atoms with E-state index < -0.39 is 29.5 Å². The SMILES string of the molecule is C[C@@H](NC(=O)[C@@H]1CN(C2CCCCC2)CC[C@H]1NC(=O)c1cc(-c2ccc(F)cc2F)on1)c1ccccc1. The molecule has 1 aliphatic carbocycles. The van der Waals surface area contributed by atoms with Gasteiger partial charge in [-0.1, -0.05) is 54.8 Å². The molecule has 2 amide bonds. The van der Waals surface area contributed by atoms with Crippen molar-refractivity contribution in [2.24, 2.45) is 5.92 Å². The Bertz CT molecular complexity index is 1290. The lowest BCUT2D eigenvalue weighted by Crippen LogP contribution is -2.58. The number of likely N-dealkylation sites (tertiary alicyclic amines) is 1. The van der Waals surface area contributed by atoms with E-state index in [1.165, 1.54) is 31.4 Å². The molecular formula is C30H34F2N4O3. The van der Waals surface area contributed by atoms with Crippen molar-refractivity contribution < 1.29 is 22.9 Å². The quantitative estimate of drug-likeness (QED) is 0.431. The summed E-state index contributed by atoms with van der Waals surface area (Å²) in [6, 6.07) is 14.1. The van der Waals surface area contributed by atoms with Crippen LogP contribution in [0.3, 0.4) is 0 Å². The topological polar surface area (TPSA) is 87.5 Å². The van der Waals surface area contributed by atoms with Crippen molar-refractivity contribution in [1.82, 2.24) is 20.7 Å². The number of benzene rings is 2. The van der Waals surface area contributed by atoms with Gasteiger partial charge in [0, 0.05) is 37.3 Å². The first kappa shape index (κ1) is 27.0. The van der Waals surface area contributed by atoms with Gasteiger partial charge >= 0.3 is 0 Å². The van der Waals surface area contributed by atoms with Crippen LogP contribution in [0.15, 0.2) is 59.1 Å². The second kappa shape index (κ2) is 12.1.